The Balaban J connectivity index is 4.40. The third-order valence-corrected chi connectivity index (χ3v) is 11.3. The van der Waals surface area contributed by atoms with Gasteiger partial charge in [-0.1, -0.05) is 242 Å². The minimum atomic E-state index is -0.792. The van der Waals surface area contributed by atoms with Gasteiger partial charge in [-0.05, 0) is 57.8 Å². The van der Waals surface area contributed by atoms with Crippen molar-refractivity contribution in [1.82, 2.24) is 0 Å². The highest BCUT2D eigenvalue weighted by Gasteiger charge is 2.19. The predicted octanol–water partition coefficient (Wildman–Crippen LogP) is 17.3. The average molecular weight is 867 g/mol. The summed E-state index contributed by atoms with van der Waals surface area (Å²) < 4.78 is 16.7. The SMILES string of the molecule is CC/C=C\C/C=C\C/C=C\C/C=C\C/C=C\CCCC(=O)OCC(COC(=O)CCCCCCCCCCCC)OC(=O)CCCCCCCCCCCCCCCCCCC. The first-order valence-corrected chi connectivity index (χ1v) is 26.3. The maximum atomic E-state index is 12.8. The van der Waals surface area contributed by atoms with E-state index >= 15 is 0 Å². The van der Waals surface area contributed by atoms with Crippen LogP contribution in [0, 0.1) is 0 Å². The third kappa shape index (κ3) is 48.1. The van der Waals surface area contributed by atoms with Gasteiger partial charge in [-0.3, -0.25) is 14.4 Å². The molecule has 0 bridgehead atoms. The molecule has 0 aliphatic heterocycles. The van der Waals surface area contributed by atoms with Gasteiger partial charge < -0.3 is 14.2 Å². The lowest BCUT2D eigenvalue weighted by Gasteiger charge is -2.18. The van der Waals surface area contributed by atoms with Gasteiger partial charge in [0, 0.05) is 19.3 Å². The zero-order valence-corrected chi connectivity index (χ0v) is 40.9. The maximum Gasteiger partial charge on any atom is 0.306 e. The lowest BCUT2D eigenvalue weighted by molar-refractivity contribution is -0.167. The summed E-state index contributed by atoms with van der Waals surface area (Å²) in [5.41, 5.74) is 0. The minimum absolute atomic E-state index is 0.0886. The molecule has 0 aromatic heterocycles. The summed E-state index contributed by atoms with van der Waals surface area (Å²) in [6.07, 6.45) is 62.1. The number of ether oxygens (including phenoxy) is 3. The van der Waals surface area contributed by atoms with Crippen LogP contribution in [0.4, 0.5) is 0 Å². The van der Waals surface area contributed by atoms with Gasteiger partial charge in [-0.2, -0.15) is 0 Å². The highest BCUT2D eigenvalue weighted by atomic mass is 16.6. The Labute approximate surface area is 383 Å². The van der Waals surface area contributed by atoms with E-state index in [4.69, 9.17) is 14.2 Å². The van der Waals surface area contributed by atoms with Gasteiger partial charge in [0.1, 0.15) is 13.2 Å². The number of carbonyl (C=O) groups excluding carboxylic acids is 3. The standard InChI is InChI=1S/C56H98O6/c1-4-7-10-13-16-19-22-24-26-28-30-32-34-37-40-43-46-49-55(58)61-52-53(51-60-54(57)48-45-42-39-36-21-18-15-12-9-6-3)62-56(59)50-47-44-41-38-35-33-31-29-27-25-23-20-17-14-11-8-5-2/h7,10,16,19,24,26,30,32,37,40,53H,4-6,8-9,11-15,17-18,20-23,25,27-29,31,33-36,38-39,41-52H2,1-3H3/b10-7-,19-16-,26-24-,32-30-,40-37-. The van der Waals surface area contributed by atoms with Crippen molar-refractivity contribution in [2.24, 2.45) is 0 Å². The highest BCUT2D eigenvalue weighted by molar-refractivity contribution is 5.71. The lowest BCUT2D eigenvalue weighted by Crippen LogP contribution is -2.30. The molecule has 0 amide bonds. The molecule has 0 fully saturated rings. The van der Waals surface area contributed by atoms with Crippen LogP contribution in [0.15, 0.2) is 60.8 Å². The zero-order chi connectivity index (χ0) is 45.1. The number of hydrogen-bond donors (Lipinski definition) is 0. The molecule has 358 valence electrons. The van der Waals surface area contributed by atoms with E-state index in [0.717, 1.165) is 77.0 Å². The number of carbonyl (C=O) groups is 3. The molecule has 1 unspecified atom stereocenters. The number of unbranched alkanes of at least 4 members (excludes halogenated alkanes) is 26. The highest BCUT2D eigenvalue weighted by Crippen LogP contribution is 2.16. The quantitative estimate of drug-likeness (QED) is 0.0262. The third-order valence-electron chi connectivity index (χ3n) is 11.3. The van der Waals surface area contributed by atoms with Gasteiger partial charge in [0.25, 0.3) is 0 Å². The first-order valence-electron chi connectivity index (χ1n) is 26.3. The molecule has 62 heavy (non-hydrogen) atoms. The maximum absolute atomic E-state index is 12.8. The van der Waals surface area contributed by atoms with Gasteiger partial charge >= 0.3 is 17.9 Å². The summed E-state index contributed by atoms with van der Waals surface area (Å²) in [6, 6.07) is 0. The predicted molar refractivity (Wildman–Crippen MR) is 265 cm³/mol. The van der Waals surface area contributed by atoms with E-state index in [9.17, 15) is 14.4 Å². The van der Waals surface area contributed by atoms with Crippen molar-refractivity contribution in [3.8, 4) is 0 Å². The summed E-state index contributed by atoms with van der Waals surface area (Å²) in [5, 5.41) is 0. The molecule has 0 N–H and O–H groups in total. The molecule has 0 aliphatic rings. The largest absolute Gasteiger partial charge is 0.462 e. The van der Waals surface area contributed by atoms with Crippen molar-refractivity contribution in [2.45, 2.75) is 264 Å². The lowest BCUT2D eigenvalue weighted by atomic mass is 10.0. The van der Waals surface area contributed by atoms with Gasteiger partial charge in [0.2, 0.25) is 0 Å². The van der Waals surface area contributed by atoms with Crippen LogP contribution >= 0.6 is 0 Å². The van der Waals surface area contributed by atoms with Crippen LogP contribution < -0.4 is 0 Å². The summed E-state index contributed by atoms with van der Waals surface area (Å²) in [6.45, 7) is 6.48. The first-order chi connectivity index (χ1) is 30.5. The summed E-state index contributed by atoms with van der Waals surface area (Å²) in [4.78, 5) is 37.9. The van der Waals surface area contributed by atoms with Crippen LogP contribution in [0.3, 0.4) is 0 Å². The van der Waals surface area contributed by atoms with E-state index in [1.54, 1.807) is 0 Å². The fraction of sp³-hybridized carbons (Fsp3) is 0.768. The zero-order valence-electron chi connectivity index (χ0n) is 40.9. The van der Waals surface area contributed by atoms with Crippen LogP contribution in [0.1, 0.15) is 258 Å². The van der Waals surface area contributed by atoms with Crippen molar-refractivity contribution in [3.05, 3.63) is 60.8 Å². The fourth-order valence-corrected chi connectivity index (χ4v) is 7.36. The van der Waals surface area contributed by atoms with Gasteiger partial charge in [0.15, 0.2) is 6.10 Å². The molecule has 0 rings (SSSR count). The Hall–Kier alpha value is -2.89. The Morgan fingerprint density at radius 3 is 0.984 bits per heavy atom. The Bertz CT molecular complexity index is 1130. The molecule has 0 aliphatic carbocycles. The fourth-order valence-electron chi connectivity index (χ4n) is 7.36. The molecule has 0 aromatic carbocycles. The molecule has 0 heterocycles. The van der Waals surface area contributed by atoms with E-state index in [2.05, 4.69) is 81.5 Å². The van der Waals surface area contributed by atoms with Crippen LogP contribution in [0.2, 0.25) is 0 Å². The van der Waals surface area contributed by atoms with E-state index in [1.165, 1.54) is 135 Å². The van der Waals surface area contributed by atoms with E-state index in [-0.39, 0.29) is 37.5 Å². The van der Waals surface area contributed by atoms with E-state index < -0.39 is 6.10 Å². The van der Waals surface area contributed by atoms with Crippen molar-refractivity contribution >= 4 is 17.9 Å². The Kier molecular flexibility index (Phi) is 48.4. The van der Waals surface area contributed by atoms with Crippen LogP contribution in [-0.2, 0) is 28.6 Å². The molecule has 1 atom stereocenters. The number of allylic oxidation sites excluding steroid dienone is 10. The van der Waals surface area contributed by atoms with Crippen molar-refractivity contribution in [2.75, 3.05) is 13.2 Å². The van der Waals surface area contributed by atoms with Crippen LogP contribution in [0.25, 0.3) is 0 Å². The molecular formula is C56H98O6. The summed E-state index contributed by atoms with van der Waals surface area (Å²) in [5.74, 6) is -0.943. The van der Waals surface area contributed by atoms with Gasteiger partial charge in [-0.25, -0.2) is 0 Å². The number of rotatable bonds is 47. The second-order valence-electron chi connectivity index (χ2n) is 17.4. The minimum Gasteiger partial charge on any atom is -0.462 e. The molecule has 6 nitrogen and oxygen atoms in total. The van der Waals surface area contributed by atoms with E-state index in [1.807, 2.05) is 0 Å². The average Bonchev–Trinajstić information content (AvgIpc) is 3.27. The summed E-state index contributed by atoms with van der Waals surface area (Å²) >= 11 is 0. The molecule has 0 saturated carbocycles. The monoisotopic (exact) mass is 867 g/mol. The normalized spacial score (nSPS) is 12.5. The van der Waals surface area contributed by atoms with Crippen molar-refractivity contribution in [3.63, 3.8) is 0 Å². The molecule has 0 radical (unpaired) electrons. The smallest absolute Gasteiger partial charge is 0.306 e. The first kappa shape index (κ1) is 59.1. The van der Waals surface area contributed by atoms with Gasteiger partial charge in [-0.15, -0.1) is 0 Å². The second-order valence-corrected chi connectivity index (χ2v) is 17.4. The topological polar surface area (TPSA) is 78.9 Å². The van der Waals surface area contributed by atoms with E-state index in [0.29, 0.717) is 19.3 Å². The number of esters is 3. The van der Waals surface area contributed by atoms with Crippen molar-refractivity contribution in [1.29, 1.82) is 0 Å². The molecule has 6 heteroatoms. The second kappa shape index (κ2) is 50.8. The Morgan fingerprint density at radius 2 is 0.629 bits per heavy atom. The number of hydrogen-bond acceptors (Lipinski definition) is 6. The summed E-state index contributed by atoms with van der Waals surface area (Å²) in [7, 11) is 0. The molecule has 0 saturated heterocycles. The molecule has 0 aromatic rings. The molecular weight excluding hydrogens is 769 g/mol. The van der Waals surface area contributed by atoms with Gasteiger partial charge in [0.05, 0.1) is 0 Å². The van der Waals surface area contributed by atoms with Crippen LogP contribution in [-0.4, -0.2) is 37.2 Å². The Morgan fingerprint density at radius 1 is 0.339 bits per heavy atom. The van der Waals surface area contributed by atoms with Crippen molar-refractivity contribution < 1.29 is 28.6 Å². The van der Waals surface area contributed by atoms with Crippen LogP contribution in [0.5, 0.6) is 0 Å². The molecule has 0 spiro atoms.